The van der Waals surface area contributed by atoms with Gasteiger partial charge in [0, 0.05) is 17.5 Å². The fourth-order valence-electron chi connectivity index (χ4n) is 3.59. The Labute approximate surface area is 138 Å². The maximum atomic E-state index is 8.89. The number of rotatable bonds is 2. The van der Waals surface area contributed by atoms with E-state index in [9.17, 15) is 0 Å². The zero-order chi connectivity index (χ0) is 16.5. The second-order valence-corrected chi connectivity index (χ2v) is 6.17. The molecule has 0 saturated heterocycles. The number of nitriles is 2. The van der Waals surface area contributed by atoms with Gasteiger partial charge < -0.3 is 4.98 Å². The number of H-pyrrole nitrogens is 1. The summed E-state index contributed by atoms with van der Waals surface area (Å²) in [6.07, 6.45) is 9.25. The Morgan fingerprint density at radius 3 is 2.79 bits per heavy atom. The lowest BCUT2D eigenvalue weighted by molar-refractivity contribution is 0.372. The van der Waals surface area contributed by atoms with E-state index in [0.717, 1.165) is 47.9 Å². The van der Waals surface area contributed by atoms with Crippen molar-refractivity contribution in [2.45, 2.75) is 31.6 Å². The summed E-state index contributed by atoms with van der Waals surface area (Å²) in [5, 5.41) is 27.4. The smallest absolute Gasteiger partial charge is 0.141 e. The van der Waals surface area contributed by atoms with E-state index in [4.69, 9.17) is 10.5 Å². The van der Waals surface area contributed by atoms with Crippen molar-refractivity contribution >= 4 is 16.6 Å². The molecule has 0 aromatic carbocycles. The Morgan fingerprint density at radius 2 is 2.04 bits per heavy atom. The molecule has 3 aromatic heterocycles. The van der Waals surface area contributed by atoms with Crippen LogP contribution in [0.1, 0.15) is 37.3 Å². The van der Waals surface area contributed by atoms with Gasteiger partial charge in [0.2, 0.25) is 0 Å². The summed E-state index contributed by atoms with van der Waals surface area (Å²) in [7, 11) is 0. The first-order valence-corrected chi connectivity index (χ1v) is 7.99. The zero-order valence-electron chi connectivity index (χ0n) is 13.0. The molecule has 7 heteroatoms. The van der Waals surface area contributed by atoms with E-state index >= 15 is 0 Å². The highest BCUT2D eigenvalue weighted by molar-refractivity contribution is 5.92. The van der Waals surface area contributed by atoms with Crippen LogP contribution in [-0.4, -0.2) is 24.8 Å². The fraction of sp³-hybridized carbons (Fsp3) is 0.353. The van der Waals surface area contributed by atoms with Crippen molar-refractivity contribution in [3.05, 3.63) is 35.9 Å². The number of fused-ring (bicyclic) bond motifs is 3. The zero-order valence-corrected chi connectivity index (χ0v) is 13.0. The van der Waals surface area contributed by atoms with Crippen molar-refractivity contribution in [3.8, 4) is 12.1 Å². The third-order valence-electron chi connectivity index (χ3n) is 4.80. The first-order valence-electron chi connectivity index (χ1n) is 7.99. The molecule has 0 bridgehead atoms. The van der Waals surface area contributed by atoms with Gasteiger partial charge in [-0.05, 0) is 37.7 Å². The van der Waals surface area contributed by atoms with Crippen molar-refractivity contribution in [3.63, 3.8) is 0 Å². The molecule has 3 heterocycles. The van der Waals surface area contributed by atoms with Gasteiger partial charge in [0.1, 0.15) is 35.2 Å². The topological polar surface area (TPSA) is 106 Å². The molecule has 1 N–H and O–H groups in total. The Hall–Kier alpha value is -3.19. The summed E-state index contributed by atoms with van der Waals surface area (Å²) in [6, 6.07) is 5.89. The molecule has 0 radical (unpaired) electrons. The average molecular weight is 317 g/mol. The standard InChI is InChI=1S/C17H15N7/c18-8-12(9-19)7-11-1-3-13(4-2-11)15-16-14-5-6-20-17(14)21-10-24(16)23-22-15/h5-7,10-11,13,20H,1-4H2/t11-,13-. The van der Waals surface area contributed by atoms with Crippen LogP contribution in [-0.2, 0) is 0 Å². The molecule has 0 spiro atoms. The number of hydrogen-bond donors (Lipinski definition) is 1. The summed E-state index contributed by atoms with van der Waals surface area (Å²) >= 11 is 0. The van der Waals surface area contributed by atoms with E-state index in [1.54, 1.807) is 10.8 Å². The molecule has 118 valence electrons. The van der Waals surface area contributed by atoms with Crippen LogP contribution in [0.2, 0.25) is 0 Å². The highest BCUT2D eigenvalue weighted by atomic mass is 15.4. The second-order valence-electron chi connectivity index (χ2n) is 6.17. The van der Waals surface area contributed by atoms with Crippen LogP contribution in [0.3, 0.4) is 0 Å². The minimum absolute atomic E-state index is 0.215. The van der Waals surface area contributed by atoms with E-state index in [-0.39, 0.29) is 5.57 Å². The summed E-state index contributed by atoms with van der Waals surface area (Å²) in [5.74, 6) is 0.645. The van der Waals surface area contributed by atoms with Crippen molar-refractivity contribution < 1.29 is 0 Å². The van der Waals surface area contributed by atoms with E-state index < -0.39 is 0 Å². The van der Waals surface area contributed by atoms with Crippen molar-refractivity contribution in [1.82, 2.24) is 24.8 Å². The summed E-state index contributed by atoms with van der Waals surface area (Å²) < 4.78 is 1.74. The first kappa shape index (κ1) is 14.4. The molecule has 0 unspecified atom stereocenters. The number of aromatic nitrogens is 5. The molecule has 1 aliphatic carbocycles. The average Bonchev–Trinajstić information content (AvgIpc) is 3.26. The van der Waals surface area contributed by atoms with E-state index in [0.29, 0.717) is 11.8 Å². The minimum Gasteiger partial charge on any atom is -0.346 e. The van der Waals surface area contributed by atoms with Crippen LogP contribution >= 0.6 is 0 Å². The minimum atomic E-state index is 0.215. The number of nitrogens with zero attached hydrogens (tertiary/aromatic N) is 6. The normalized spacial score (nSPS) is 20.6. The predicted molar refractivity (Wildman–Crippen MR) is 86.6 cm³/mol. The Morgan fingerprint density at radius 1 is 1.25 bits per heavy atom. The van der Waals surface area contributed by atoms with Crippen molar-refractivity contribution in [1.29, 1.82) is 10.5 Å². The van der Waals surface area contributed by atoms with Crippen LogP contribution in [0.15, 0.2) is 30.2 Å². The van der Waals surface area contributed by atoms with Gasteiger partial charge in [-0.25, -0.2) is 9.50 Å². The van der Waals surface area contributed by atoms with Crippen LogP contribution in [0.5, 0.6) is 0 Å². The highest BCUT2D eigenvalue weighted by Crippen LogP contribution is 2.38. The van der Waals surface area contributed by atoms with Crippen molar-refractivity contribution in [2.75, 3.05) is 0 Å². The third-order valence-corrected chi connectivity index (χ3v) is 4.80. The molecule has 1 fully saturated rings. The maximum absolute atomic E-state index is 8.89. The van der Waals surface area contributed by atoms with Gasteiger partial charge in [-0.3, -0.25) is 0 Å². The number of hydrogen-bond acceptors (Lipinski definition) is 5. The lowest BCUT2D eigenvalue weighted by atomic mass is 9.79. The number of nitrogens with one attached hydrogen (secondary N) is 1. The molecule has 1 saturated carbocycles. The molecule has 0 amide bonds. The fourth-order valence-corrected chi connectivity index (χ4v) is 3.59. The predicted octanol–water partition coefficient (Wildman–Crippen LogP) is 2.85. The molecule has 7 nitrogen and oxygen atoms in total. The molecule has 4 rings (SSSR count). The van der Waals surface area contributed by atoms with Gasteiger partial charge in [-0.2, -0.15) is 10.5 Å². The van der Waals surface area contributed by atoms with Crippen LogP contribution < -0.4 is 0 Å². The number of aromatic amines is 1. The largest absolute Gasteiger partial charge is 0.346 e. The highest BCUT2D eigenvalue weighted by Gasteiger charge is 2.26. The molecule has 24 heavy (non-hydrogen) atoms. The van der Waals surface area contributed by atoms with Gasteiger partial charge in [0.05, 0.1) is 5.69 Å². The summed E-state index contributed by atoms with van der Waals surface area (Å²) in [6.45, 7) is 0. The van der Waals surface area contributed by atoms with Gasteiger partial charge in [-0.15, -0.1) is 5.10 Å². The molecule has 1 aliphatic rings. The van der Waals surface area contributed by atoms with E-state index in [2.05, 4.69) is 20.3 Å². The van der Waals surface area contributed by atoms with E-state index in [1.807, 2.05) is 30.5 Å². The number of allylic oxidation sites excluding steroid dienone is 2. The second kappa shape index (κ2) is 5.78. The van der Waals surface area contributed by atoms with Crippen LogP contribution in [0.25, 0.3) is 16.6 Å². The Kier molecular flexibility index (Phi) is 3.47. The lowest BCUT2D eigenvalue weighted by Gasteiger charge is -2.25. The first-order chi connectivity index (χ1) is 11.8. The Bertz CT molecular complexity index is 987. The molecular formula is C17H15N7. The molecular weight excluding hydrogens is 302 g/mol. The Balaban J connectivity index is 1.62. The quantitative estimate of drug-likeness (QED) is 0.731. The van der Waals surface area contributed by atoms with Crippen LogP contribution in [0.4, 0.5) is 0 Å². The van der Waals surface area contributed by atoms with Crippen LogP contribution in [0, 0.1) is 28.6 Å². The van der Waals surface area contributed by atoms with Crippen molar-refractivity contribution in [2.24, 2.45) is 5.92 Å². The SMILES string of the molecule is N#CC(C#N)=C[C@H]1CC[C@H](c2nnn3cnc4[nH]ccc4c23)CC1. The van der Waals surface area contributed by atoms with E-state index in [1.165, 1.54) is 0 Å². The van der Waals surface area contributed by atoms with Gasteiger partial charge in [0.15, 0.2) is 0 Å². The van der Waals surface area contributed by atoms with Gasteiger partial charge >= 0.3 is 0 Å². The lowest BCUT2D eigenvalue weighted by Crippen LogP contribution is -2.13. The maximum Gasteiger partial charge on any atom is 0.141 e. The van der Waals surface area contributed by atoms with Gasteiger partial charge in [0.25, 0.3) is 0 Å². The van der Waals surface area contributed by atoms with Gasteiger partial charge in [-0.1, -0.05) is 11.3 Å². The molecule has 3 aromatic rings. The summed E-state index contributed by atoms with van der Waals surface area (Å²) in [4.78, 5) is 7.45. The molecule has 0 aliphatic heterocycles. The third kappa shape index (κ3) is 2.31. The monoisotopic (exact) mass is 317 g/mol. The summed E-state index contributed by atoms with van der Waals surface area (Å²) in [5.41, 5.74) is 3.10. The molecule has 0 atom stereocenters.